The van der Waals surface area contributed by atoms with Crippen LogP contribution in [0.5, 0.6) is 5.95 Å². The van der Waals surface area contributed by atoms with Crippen molar-refractivity contribution in [3.63, 3.8) is 0 Å². The van der Waals surface area contributed by atoms with Gasteiger partial charge in [0.15, 0.2) is 0 Å². The van der Waals surface area contributed by atoms with Crippen molar-refractivity contribution in [2.45, 2.75) is 6.42 Å². The lowest BCUT2D eigenvalue weighted by atomic mass is 10.3. The monoisotopic (exact) mass is 124 g/mol. The van der Waals surface area contributed by atoms with Crippen molar-refractivity contribution < 1.29 is 13.9 Å². The molecular weight excluding hydrogens is 120 g/mol. The number of furan rings is 1. The molecule has 46 valence electrons. The summed E-state index contributed by atoms with van der Waals surface area (Å²) in [6.45, 7) is 0. The first-order valence-electron chi connectivity index (χ1n) is 2.63. The molecule has 2 rings (SSSR count). The summed E-state index contributed by atoms with van der Waals surface area (Å²) in [4.78, 5) is 10.5. The van der Waals surface area contributed by atoms with Crippen molar-refractivity contribution in [2.75, 3.05) is 0 Å². The number of hydrogen-bond acceptors (Lipinski definition) is 3. The molecule has 0 amide bonds. The molecule has 0 N–H and O–H groups in total. The van der Waals surface area contributed by atoms with Gasteiger partial charge < -0.3 is 9.15 Å². The fraction of sp³-hybridized carbons (Fsp3) is 0.167. The average molecular weight is 124 g/mol. The summed E-state index contributed by atoms with van der Waals surface area (Å²) in [7, 11) is 0. The zero-order valence-electron chi connectivity index (χ0n) is 4.59. The zero-order chi connectivity index (χ0) is 6.27. The van der Waals surface area contributed by atoms with Crippen LogP contribution in [0.25, 0.3) is 0 Å². The molecule has 0 spiro atoms. The Hall–Kier alpha value is -1.25. The lowest BCUT2D eigenvalue weighted by molar-refractivity contribution is -0.132. The fourth-order valence-corrected chi connectivity index (χ4v) is 0.837. The van der Waals surface area contributed by atoms with Crippen LogP contribution in [-0.2, 0) is 11.2 Å². The normalized spacial score (nSPS) is 15.3. The number of ether oxygens (including phenoxy) is 1. The second-order valence-electron chi connectivity index (χ2n) is 1.88. The van der Waals surface area contributed by atoms with Crippen LogP contribution in [0.3, 0.4) is 0 Å². The van der Waals surface area contributed by atoms with Crippen molar-refractivity contribution in [3.8, 4) is 5.95 Å². The molecule has 0 aromatic carbocycles. The molecule has 0 atom stereocenters. The van der Waals surface area contributed by atoms with Gasteiger partial charge in [-0.05, 0) is 6.07 Å². The van der Waals surface area contributed by atoms with Gasteiger partial charge in [-0.3, -0.25) is 4.79 Å². The van der Waals surface area contributed by atoms with Gasteiger partial charge in [-0.25, -0.2) is 0 Å². The first-order valence-corrected chi connectivity index (χ1v) is 2.63. The van der Waals surface area contributed by atoms with Crippen LogP contribution >= 0.6 is 0 Å². The molecule has 1 aromatic heterocycles. The Kier molecular flexibility index (Phi) is 0.704. The van der Waals surface area contributed by atoms with Crippen LogP contribution < -0.4 is 4.74 Å². The molecule has 3 heteroatoms. The smallest absolute Gasteiger partial charge is 0.318 e. The Morgan fingerprint density at radius 1 is 1.56 bits per heavy atom. The van der Waals surface area contributed by atoms with E-state index >= 15 is 0 Å². The van der Waals surface area contributed by atoms with Gasteiger partial charge in [0.1, 0.15) is 0 Å². The minimum absolute atomic E-state index is 0.232. The Morgan fingerprint density at radius 2 is 2.44 bits per heavy atom. The van der Waals surface area contributed by atoms with Crippen LogP contribution in [0, 0.1) is 0 Å². The van der Waals surface area contributed by atoms with Crippen LogP contribution in [-0.4, -0.2) is 5.97 Å². The Bertz CT molecular complexity index is 226. The van der Waals surface area contributed by atoms with Gasteiger partial charge in [-0.1, -0.05) is 0 Å². The summed E-state index contributed by atoms with van der Waals surface area (Å²) in [6, 6.07) is 1.74. The van der Waals surface area contributed by atoms with Crippen LogP contribution in [0.1, 0.15) is 5.56 Å². The molecular formula is C6H4O3. The predicted octanol–water partition coefficient (Wildman–Crippen LogP) is 0.741. The highest BCUT2D eigenvalue weighted by Crippen LogP contribution is 2.25. The third-order valence-corrected chi connectivity index (χ3v) is 1.25. The lowest BCUT2D eigenvalue weighted by Crippen LogP contribution is -2.00. The maximum atomic E-state index is 10.5. The molecule has 0 unspecified atom stereocenters. The third kappa shape index (κ3) is 0.543. The minimum Gasteiger partial charge on any atom is -0.434 e. The molecule has 9 heavy (non-hydrogen) atoms. The first-order chi connectivity index (χ1) is 4.36. The van der Waals surface area contributed by atoms with E-state index in [1.165, 1.54) is 6.26 Å². The van der Waals surface area contributed by atoms with E-state index in [4.69, 9.17) is 4.42 Å². The summed E-state index contributed by atoms with van der Waals surface area (Å²) in [5.41, 5.74) is 0.847. The van der Waals surface area contributed by atoms with Gasteiger partial charge in [-0.15, -0.1) is 0 Å². The van der Waals surface area contributed by atoms with E-state index in [9.17, 15) is 4.79 Å². The number of carbonyl (C=O) groups excluding carboxylic acids is 1. The number of hydrogen-bond donors (Lipinski definition) is 0. The Morgan fingerprint density at radius 3 is 3.22 bits per heavy atom. The topological polar surface area (TPSA) is 39.4 Å². The highest BCUT2D eigenvalue weighted by atomic mass is 16.6. The molecule has 3 nitrogen and oxygen atoms in total. The Balaban J connectivity index is 2.49. The second kappa shape index (κ2) is 1.37. The predicted molar refractivity (Wildman–Crippen MR) is 28.0 cm³/mol. The number of rotatable bonds is 0. The van der Waals surface area contributed by atoms with E-state index in [1.807, 2.05) is 0 Å². The summed E-state index contributed by atoms with van der Waals surface area (Å²) < 4.78 is 9.44. The fourth-order valence-electron chi connectivity index (χ4n) is 0.837. The van der Waals surface area contributed by atoms with Gasteiger partial charge in [0.2, 0.25) is 0 Å². The van der Waals surface area contributed by atoms with Crippen molar-refractivity contribution >= 4 is 5.97 Å². The van der Waals surface area contributed by atoms with Crippen LogP contribution in [0.15, 0.2) is 16.7 Å². The molecule has 0 bridgehead atoms. The quantitative estimate of drug-likeness (QED) is 0.479. The van der Waals surface area contributed by atoms with Gasteiger partial charge in [0.25, 0.3) is 5.95 Å². The third-order valence-electron chi connectivity index (χ3n) is 1.25. The molecule has 0 saturated carbocycles. The summed E-state index contributed by atoms with van der Waals surface area (Å²) in [5, 5.41) is 0. The zero-order valence-corrected chi connectivity index (χ0v) is 4.59. The van der Waals surface area contributed by atoms with Gasteiger partial charge in [-0.2, -0.15) is 0 Å². The standard InChI is InChI=1S/C6H4O3/c7-5-3-4-1-2-8-6(4)9-5/h1-2H,3H2. The number of carbonyl (C=O) groups is 1. The average Bonchev–Trinajstić information content (AvgIpc) is 2.22. The molecule has 0 saturated heterocycles. The molecule has 1 aromatic rings. The summed E-state index contributed by atoms with van der Waals surface area (Å²) in [5.74, 6) is 0.129. The number of esters is 1. The summed E-state index contributed by atoms with van der Waals surface area (Å²) >= 11 is 0. The maximum absolute atomic E-state index is 10.5. The Labute approximate surface area is 51.2 Å². The van der Waals surface area contributed by atoms with Gasteiger partial charge >= 0.3 is 5.97 Å². The van der Waals surface area contributed by atoms with Crippen molar-refractivity contribution in [1.82, 2.24) is 0 Å². The molecule has 2 heterocycles. The van der Waals surface area contributed by atoms with Crippen molar-refractivity contribution in [2.24, 2.45) is 0 Å². The van der Waals surface area contributed by atoms with E-state index in [0.717, 1.165) is 5.56 Å². The van der Waals surface area contributed by atoms with Crippen LogP contribution in [0.2, 0.25) is 0 Å². The maximum Gasteiger partial charge on any atom is 0.318 e. The van der Waals surface area contributed by atoms with E-state index in [1.54, 1.807) is 6.07 Å². The SMILES string of the molecule is O=C1Cc2ccoc2O1. The summed E-state index contributed by atoms with van der Waals surface area (Å²) in [6.07, 6.45) is 1.86. The van der Waals surface area contributed by atoms with Gasteiger partial charge in [0, 0.05) is 5.56 Å². The molecule has 0 fully saturated rings. The van der Waals surface area contributed by atoms with Crippen LogP contribution in [0.4, 0.5) is 0 Å². The van der Waals surface area contributed by atoms with Crippen molar-refractivity contribution in [1.29, 1.82) is 0 Å². The van der Waals surface area contributed by atoms with E-state index in [2.05, 4.69) is 4.74 Å². The van der Waals surface area contributed by atoms with E-state index in [-0.39, 0.29) is 5.97 Å². The lowest BCUT2D eigenvalue weighted by Gasteiger charge is -1.84. The highest BCUT2D eigenvalue weighted by molar-refractivity contribution is 5.79. The molecule has 1 aliphatic heterocycles. The molecule has 1 aliphatic rings. The van der Waals surface area contributed by atoms with E-state index < -0.39 is 0 Å². The van der Waals surface area contributed by atoms with E-state index in [0.29, 0.717) is 12.4 Å². The second-order valence-corrected chi connectivity index (χ2v) is 1.88. The first kappa shape index (κ1) is 4.61. The largest absolute Gasteiger partial charge is 0.434 e. The highest BCUT2D eigenvalue weighted by Gasteiger charge is 2.22. The number of fused-ring (bicyclic) bond motifs is 1. The molecule has 0 aliphatic carbocycles. The minimum atomic E-state index is -0.232. The van der Waals surface area contributed by atoms with Crippen molar-refractivity contribution in [3.05, 3.63) is 17.9 Å². The molecule has 0 radical (unpaired) electrons. The van der Waals surface area contributed by atoms with Gasteiger partial charge in [0.05, 0.1) is 12.7 Å².